The van der Waals surface area contributed by atoms with Crippen molar-refractivity contribution >= 4 is 17.3 Å². The van der Waals surface area contributed by atoms with Gasteiger partial charge < -0.3 is 0 Å². The van der Waals surface area contributed by atoms with Gasteiger partial charge in [-0.2, -0.15) is 0 Å². The largest absolute Gasteiger partial charge is 0.300 e. The van der Waals surface area contributed by atoms with Gasteiger partial charge in [0, 0.05) is 31.1 Å². The van der Waals surface area contributed by atoms with Crippen molar-refractivity contribution in [1.82, 2.24) is 0 Å². The number of Topliss-reactive ketones (excluding diaryl/α,β-unsaturated/α-hetero) is 3. The van der Waals surface area contributed by atoms with Gasteiger partial charge in [-0.15, -0.1) is 0 Å². The molecular weight excluding hydrogens is 300 g/mol. The number of ketones is 3. The second-order valence-corrected chi connectivity index (χ2v) is 9.63. The van der Waals surface area contributed by atoms with Gasteiger partial charge >= 0.3 is 0 Å². The van der Waals surface area contributed by atoms with Crippen molar-refractivity contribution in [2.75, 3.05) is 0 Å². The van der Waals surface area contributed by atoms with E-state index in [-0.39, 0.29) is 28.4 Å². The summed E-state index contributed by atoms with van der Waals surface area (Å²) < 4.78 is 0. The van der Waals surface area contributed by atoms with Crippen molar-refractivity contribution in [3.63, 3.8) is 0 Å². The molecule has 0 aromatic rings. The molecule has 24 heavy (non-hydrogen) atoms. The van der Waals surface area contributed by atoms with Gasteiger partial charge in [0.15, 0.2) is 0 Å². The van der Waals surface area contributed by atoms with Crippen molar-refractivity contribution in [1.29, 1.82) is 0 Å². The van der Waals surface area contributed by atoms with Crippen LogP contribution in [0.3, 0.4) is 0 Å². The average Bonchev–Trinajstić information content (AvgIpc) is 2.87. The lowest BCUT2D eigenvalue weighted by atomic mass is 9.44. The molecule has 7 atom stereocenters. The summed E-state index contributed by atoms with van der Waals surface area (Å²) >= 11 is 0. The Kier molecular flexibility index (Phi) is 3.61. The minimum absolute atomic E-state index is 0.0174. The maximum absolute atomic E-state index is 12.9. The highest BCUT2D eigenvalue weighted by Gasteiger charge is 2.62. The van der Waals surface area contributed by atoms with Crippen LogP contribution in [0.4, 0.5) is 0 Å². The van der Waals surface area contributed by atoms with E-state index < -0.39 is 0 Å². The second-order valence-electron chi connectivity index (χ2n) is 9.63. The third-order valence-electron chi connectivity index (χ3n) is 8.77. The van der Waals surface area contributed by atoms with E-state index in [0.29, 0.717) is 48.6 Å². The van der Waals surface area contributed by atoms with Gasteiger partial charge in [-0.3, -0.25) is 14.4 Å². The van der Waals surface area contributed by atoms with Crippen molar-refractivity contribution < 1.29 is 14.4 Å². The lowest BCUT2D eigenvalue weighted by molar-refractivity contribution is -0.159. The topological polar surface area (TPSA) is 51.2 Å². The fraction of sp³-hybridized carbons (Fsp3) is 0.857. The number of hydrogen-bond acceptors (Lipinski definition) is 3. The molecule has 0 radical (unpaired) electrons. The minimum atomic E-state index is -0.0330. The molecule has 0 N–H and O–H groups in total. The molecule has 0 heterocycles. The molecule has 0 aromatic heterocycles. The van der Waals surface area contributed by atoms with E-state index in [9.17, 15) is 14.4 Å². The van der Waals surface area contributed by atoms with Crippen molar-refractivity contribution in [3.8, 4) is 0 Å². The molecule has 3 heteroatoms. The van der Waals surface area contributed by atoms with E-state index in [1.54, 1.807) is 6.92 Å². The van der Waals surface area contributed by atoms with Crippen LogP contribution in [0.2, 0.25) is 0 Å². The first-order chi connectivity index (χ1) is 11.3. The normalized spacial score (nSPS) is 50.9. The van der Waals surface area contributed by atoms with Crippen LogP contribution in [0.25, 0.3) is 0 Å². The molecule has 132 valence electrons. The first kappa shape index (κ1) is 16.5. The maximum atomic E-state index is 12.9. The van der Waals surface area contributed by atoms with Crippen LogP contribution in [-0.4, -0.2) is 17.3 Å². The van der Waals surface area contributed by atoms with Crippen molar-refractivity contribution in [2.24, 2.45) is 40.4 Å². The minimum Gasteiger partial charge on any atom is -0.300 e. The summed E-state index contributed by atoms with van der Waals surface area (Å²) in [6.45, 7) is 6.36. The third kappa shape index (κ3) is 2.05. The number of carbonyl (C=O) groups excluding carboxylic acids is 3. The molecule has 0 aromatic carbocycles. The van der Waals surface area contributed by atoms with Crippen LogP contribution in [-0.2, 0) is 14.4 Å². The highest BCUT2D eigenvalue weighted by Crippen LogP contribution is 2.66. The van der Waals surface area contributed by atoms with Crippen LogP contribution < -0.4 is 0 Å². The Balaban J connectivity index is 1.68. The number of fused-ring (bicyclic) bond motifs is 5. The Morgan fingerprint density at radius 3 is 2.38 bits per heavy atom. The average molecular weight is 330 g/mol. The van der Waals surface area contributed by atoms with Gasteiger partial charge in [-0.1, -0.05) is 13.8 Å². The summed E-state index contributed by atoms with van der Waals surface area (Å²) in [7, 11) is 0. The quantitative estimate of drug-likeness (QED) is 0.730. The first-order valence-electron chi connectivity index (χ1n) is 9.82. The van der Waals surface area contributed by atoms with Gasteiger partial charge in [0.2, 0.25) is 0 Å². The Bertz CT molecular complexity index is 608. The van der Waals surface area contributed by atoms with E-state index in [2.05, 4.69) is 13.8 Å². The predicted octanol–water partition coefficient (Wildman–Crippen LogP) is 3.98. The summed E-state index contributed by atoms with van der Waals surface area (Å²) in [6, 6.07) is 0. The Hall–Kier alpha value is -0.990. The molecule has 0 spiro atoms. The number of rotatable bonds is 1. The van der Waals surface area contributed by atoms with Gasteiger partial charge in [0.05, 0.1) is 0 Å². The molecule has 0 unspecified atom stereocenters. The standard InChI is InChI=1S/C21H30O3/c1-12(22)15-4-5-16-14-11-19(24)18-10-13(23)6-8-21(18,3)17(14)7-9-20(15,16)2/h14-18H,4-11H2,1-3H3/t14-,15+,16-,17-,18-,20+,21+/m0/s1. The zero-order valence-corrected chi connectivity index (χ0v) is 15.3. The fourth-order valence-corrected chi connectivity index (χ4v) is 7.50. The monoisotopic (exact) mass is 330 g/mol. The molecular formula is C21H30O3. The predicted molar refractivity (Wildman–Crippen MR) is 91.3 cm³/mol. The molecule has 4 aliphatic carbocycles. The Morgan fingerprint density at radius 1 is 0.958 bits per heavy atom. The Morgan fingerprint density at radius 2 is 1.67 bits per heavy atom. The second kappa shape index (κ2) is 5.25. The van der Waals surface area contributed by atoms with Crippen LogP contribution in [0.5, 0.6) is 0 Å². The van der Waals surface area contributed by atoms with E-state index in [4.69, 9.17) is 0 Å². The van der Waals surface area contributed by atoms with E-state index in [1.165, 1.54) is 0 Å². The lowest BCUT2D eigenvalue weighted by Gasteiger charge is -2.59. The zero-order chi connectivity index (χ0) is 17.3. The van der Waals surface area contributed by atoms with Crippen molar-refractivity contribution in [2.45, 2.75) is 72.1 Å². The highest BCUT2D eigenvalue weighted by molar-refractivity contribution is 5.91. The summed E-state index contributed by atoms with van der Waals surface area (Å²) in [5, 5.41) is 0. The van der Waals surface area contributed by atoms with Gasteiger partial charge in [-0.25, -0.2) is 0 Å². The highest BCUT2D eigenvalue weighted by atomic mass is 16.1. The van der Waals surface area contributed by atoms with Crippen LogP contribution in [0.15, 0.2) is 0 Å². The molecule has 4 fully saturated rings. The van der Waals surface area contributed by atoms with Crippen LogP contribution >= 0.6 is 0 Å². The third-order valence-corrected chi connectivity index (χ3v) is 8.77. The van der Waals surface area contributed by atoms with Gasteiger partial charge in [0.25, 0.3) is 0 Å². The number of carbonyl (C=O) groups is 3. The lowest BCUT2D eigenvalue weighted by Crippen LogP contribution is -2.56. The molecule has 4 rings (SSSR count). The SMILES string of the molecule is CC(=O)[C@H]1CC[C@H]2[C@@H]3CC(=O)[C@@H]4CC(=O)CC[C@]4(C)[C@H]3CC[C@]12C. The van der Waals surface area contributed by atoms with E-state index in [1.807, 2.05) is 0 Å². The molecule has 0 bridgehead atoms. The van der Waals surface area contributed by atoms with Crippen molar-refractivity contribution in [3.05, 3.63) is 0 Å². The van der Waals surface area contributed by atoms with Crippen LogP contribution in [0, 0.1) is 40.4 Å². The zero-order valence-electron chi connectivity index (χ0n) is 15.3. The molecule has 4 aliphatic rings. The van der Waals surface area contributed by atoms with Gasteiger partial charge in [0.1, 0.15) is 17.3 Å². The Labute approximate surface area is 144 Å². The van der Waals surface area contributed by atoms with E-state index >= 15 is 0 Å². The van der Waals surface area contributed by atoms with Crippen LogP contribution in [0.1, 0.15) is 72.1 Å². The molecule has 4 saturated carbocycles. The molecule has 0 amide bonds. The molecule has 3 nitrogen and oxygen atoms in total. The summed E-state index contributed by atoms with van der Waals surface area (Å²) in [5.74, 6) is 2.64. The van der Waals surface area contributed by atoms with E-state index in [0.717, 1.165) is 32.1 Å². The summed E-state index contributed by atoms with van der Waals surface area (Å²) in [4.78, 5) is 37.0. The molecule has 0 saturated heterocycles. The smallest absolute Gasteiger partial charge is 0.137 e. The first-order valence-corrected chi connectivity index (χ1v) is 9.82. The van der Waals surface area contributed by atoms with Gasteiger partial charge in [-0.05, 0) is 67.6 Å². The number of hydrogen-bond donors (Lipinski definition) is 0. The maximum Gasteiger partial charge on any atom is 0.137 e. The molecule has 0 aliphatic heterocycles. The summed E-state index contributed by atoms with van der Waals surface area (Å²) in [5.41, 5.74) is 0.116. The fourth-order valence-electron chi connectivity index (χ4n) is 7.50. The summed E-state index contributed by atoms with van der Waals surface area (Å²) in [6.07, 6.45) is 7.05.